The van der Waals surface area contributed by atoms with Gasteiger partial charge in [0.1, 0.15) is 0 Å². The molecular formula is C16H20O3. The van der Waals surface area contributed by atoms with E-state index in [1.807, 2.05) is 24.3 Å². The molecule has 1 unspecified atom stereocenters. The average molecular weight is 260 g/mol. The Morgan fingerprint density at radius 1 is 1.37 bits per heavy atom. The molecule has 0 N–H and O–H groups in total. The highest BCUT2D eigenvalue weighted by Gasteiger charge is 2.15. The molecule has 0 amide bonds. The quantitative estimate of drug-likeness (QED) is 0.761. The molecule has 1 heterocycles. The Kier molecular flexibility index (Phi) is 4.88. The molecular weight excluding hydrogens is 240 g/mol. The summed E-state index contributed by atoms with van der Waals surface area (Å²) in [6.45, 7) is 6.75. The van der Waals surface area contributed by atoms with Gasteiger partial charge in [-0.1, -0.05) is 30.8 Å². The lowest BCUT2D eigenvalue weighted by atomic mass is 9.99. The molecule has 0 aliphatic carbocycles. The lowest BCUT2D eigenvalue weighted by Crippen LogP contribution is -2.23. The Labute approximate surface area is 114 Å². The molecule has 1 saturated heterocycles. The van der Waals surface area contributed by atoms with Crippen LogP contribution in [0.1, 0.15) is 42.1 Å². The van der Waals surface area contributed by atoms with Gasteiger partial charge in [-0.05, 0) is 37.3 Å². The summed E-state index contributed by atoms with van der Waals surface area (Å²) in [6.07, 6.45) is 3.05. The highest BCUT2D eigenvalue weighted by atomic mass is 16.7. The molecule has 102 valence electrons. The van der Waals surface area contributed by atoms with Crippen LogP contribution in [0.3, 0.4) is 0 Å². The Bertz CT molecular complexity index is 459. The second-order valence-electron chi connectivity index (χ2n) is 4.81. The summed E-state index contributed by atoms with van der Waals surface area (Å²) in [7, 11) is 0. The Morgan fingerprint density at radius 3 is 2.74 bits per heavy atom. The fourth-order valence-electron chi connectivity index (χ4n) is 2.21. The van der Waals surface area contributed by atoms with Crippen LogP contribution in [-0.4, -0.2) is 25.3 Å². The van der Waals surface area contributed by atoms with E-state index in [1.54, 1.807) is 6.92 Å². The van der Waals surface area contributed by atoms with Crippen molar-refractivity contribution in [1.82, 2.24) is 0 Å². The van der Waals surface area contributed by atoms with Crippen LogP contribution in [0.25, 0.3) is 5.57 Å². The largest absolute Gasteiger partial charge is 0.353 e. The lowest BCUT2D eigenvalue weighted by molar-refractivity contribution is -0.154. The molecule has 1 aliphatic heterocycles. The van der Waals surface area contributed by atoms with Crippen molar-refractivity contribution in [1.29, 1.82) is 0 Å². The molecule has 1 fully saturated rings. The van der Waals surface area contributed by atoms with Crippen molar-refractivity contribution >= 4 is 11.4 Å². The highest BCUT2D eigenvalue weighted by Crippen LogP contribution is 2.21. The topological polar surface area (TPSA) is 35.5 Å². The van der Waals surface area contributed by atoms with Gasteiger partial charge in [0.25, 0.3) is 0 Å². The van der Waals surface area contributed by atoms with Gasteiger partial charge in [0.05, 0.1) is 6.61 Å². The van der Waals surface area contributed by atoms with Crippen LogP contribution in [-0.2, 0) is 9.47 Å². The average Bonchev–Trinajstić information content (AvgIpc) is 2.46. The summed E-state index contributed by atoms with van der Waals surface area (Å²) in [5.74, 6) is 0.0469. The fourth-order valence-corrected chi connectivity index (χ4v) is 2.21. The van der Waals surface area contributed by atoms with Gasteiger partial charge < -0.3 is 9.47 Å². The predicted molar refractivity (Wildman–Crippen MR) is 75.0 cm³/mol. The third kappa shape index (κ3) is 3.75. The first kappa shape index (κ1) is 14.0. The van der Waals surface area contributed by atoms with Crippen molar-refractivity contribution < 1.29 is 14.3 Å². The minimum atomic E-state index is -0.130. The van der Waals surface area contributed by atoms with Crippen molar-refractivity contribution in [3.05, 3.63) is 42.0 Å². The van der Waals surface area contributed by atoms with E-state index in [-0.39, 0.29) is 12.1 Å². The summed E-state index contributed by atoms with van der Waals surface area (Å²) in [4.78, 5) is 11.6. The van der Waals surface area contributed by atoms with E-state index >= 15 is 0 Å². The van der Waals surface area contributed by atoms with Gasteiger partial charge in [-0.15, -0.1) is 0 Å². The van der Waals surface area contributed by atoms with E-state index in [0.29, 0.717) is 12.2 Å². The van der Waals surface area contributed by atoms with Crippen molar-refractivity contribution in [2.75, 3.05) is 13.2 Å². The number of hydrogen-bond donors (Lipinski definition) is 0. The first-order valence-electron chi connectivity index (χ1n) is 6.70. The molecule has 3 heteroatoms. The maximum Gasteiger partial charge on any atom is 0.160 e. The van der Waals surface area contributed by atoms with E-state index in [1.165, 1.54) is 0 Å². The minimum absolute atomic E-state index is 0.0469. The Balaban J connectivity index is 1.97. The summed E-state index contributed by atoms with van der Waals surface area (Å²) < 4.78 is 11.2. The number of ketones is 1. The maximum atomic E-state index is 11.6. The van der Waals surface area contributed by atoms with Crippen molar-refractivity contribution in [3.8, 4) is 0 Å². The molecule has 1 aliphatic rings. The number of Topliss-reactive ketones (excluding diaryl/α,β-unsaturated/α-hetero) is 1. The molecule has 19 heavy (non-hydrogen) atoms. The molecule has 0 bridgehead atoms. The van der Waals surface area contributed by atoms with Crippen molar-refractivity contribution in [3.63, 3.8) is 0 Å². The van der Waals surface area contributed by atoms with E-state index < -0.39 is 0 Å². The second-order valence-corrected chi connectivity index (χ2v) is 4.81. The number of carbonyl (C=O) groups excluding carboxylic acids is 1. The molecule has 1 atom stereocenters. The van der Waals surface area contributed by atoms with Crippen LogP contribution in [0, 0.1) is 0 Å². The van der Waals surface area contributed by atoms with Crippen LogP contribution in [0.2, 0.25) is 0 Å². The second kappa shape index (κ2) is 6.64. The van der Waals surface area contributed by atoms with Gasteiger partial charge in [0.2, 0.25) is 0 Å². The molecule has 0 saturated carbocycles. The van der Waals surface area contributed by atoms with E-state index in [4.69, 9.17) is 9.47 Å². The van der Waals surface area contributed by atoms with Gasteiger partial charge >= 0.3 is 0 Å². The van der Waals surface area contributed by atoms with Crippen LogP contribution < -0.4 is 0 Å². The van der Waals surface area contributed by atoms with Gasteiger partial charge in [0, 0.05) is 12.2 Å². The molecule has 3 nitrogen and oxygen atoms in total. The molecule has 2 rings (SSSR count). The van der Waals surface area contributed by atoms with Crippen LogP contribution in [0.4, 0.5) is 0 Å². The van der Waals surface area contributed by atoms with Crippen LogP contribution in [0.15, 0.2) is 30.8 Å². The SMILES string of the molecule is C=C(COC1CCCCO1)c1ccccc1C(C)=O. The zero-order chi connectivity index (χ0) is 13.7. The molecule has 0 spiro atoms. The molecule has 1 aromatic rings. The van der Waals surface area contributed by atoms with Gasteiger partial charge in [-0.25, -0.2) is 0 Å². The zero-order valence-electron chi connectivity index (χ0n) is 11.4. The first-order valence-corrected chi connectivity index (χ1v) is 6.70. The summed E-state index contributed by atoms with van der Waals surface area (Å²) in [5.41, 5.74) is 2.38. The predicted octanol–water partition coefficient (Wildman–Crippen LogP) is 3.45. The van der Waals surface area contributed by atoms with Gasteiger partial charge in [-0.2, -0.15) is 0 Å². The first-order chi connectivity index (χ1) is 9.18. The molecule has 0 aromatic heterocycles. The number of rotatable bonds is 5. The standard InChI is InChI=1S/C16H20O3/c1-12(11-19-16-9-5-6-10-18-16)14-7-3-4-8-15(14)13(2)17/h3-4,7-8,16H,1,5-6,9-11H2,2H3. The minimum Gasteiger partial charge on any atom is -0.353 e. The zero-order valence-corrected chi connectivity index (χ0v) is 11.4. The maximum absolute atomic E-state index is 11.6. The van der Waals surface area contributed by atoms with Crippen LogP contribution >= 0.6 is 0 Å². The highest BCUT2D eigenvalue weighted by molar-refractivity contribution is 5.99. The third-order valence-electron chi connectivity index (χ3n) is 3.27. The van der Waals surface area contributed by atoms with E-state index in [0.717, 1.165) is 37.0 Å². The Morgan fingerprint density at radius 2 is 2.11 bits per heavy atom. The number of benzene rings is 1. The number of carbonyl (C=O) groups is 1. The molecule has 1 aromatic carbocycles. The fraction of sp³-hybridized carbons (Fsp3) is 0.438. The van der Waals surface area contributed by atoms with Gasteiger partial charge in [0.15, 0.2) is 12.1 Å². The van der Waals surface area contributed by atoms with E-state index in [9.17, 15) is 4.79 Å². The number of hydrogen-bond acceptors (Lipinski definition) is 3. The lowest BCUT2D eigenvalue weighted by Gasteiger charge is -2.23. The number of ether oxygens (including phenoxy) is 2. The van der Waals surface area contributed by atoms with Gasteiger partial charge in [-0.3, -0.25) is 4.79 Å². The normalized spacial score (nSPS) is 19.1. The Hall–Kier alpha value is -1.45. The van der Waals surface area contributed by atoms with E-state index in [2.05, 4.69) is 6.58 Å². The van der Waals surface area contributed by atoms with Crippen molar-refractivity contribution in [2.45, 2.75) is 32.5 Å². The summed E-state index contributed by atoms with van der Waals surface area (Å²) in [5, 5.41) is 0. The van der Waals surface area contributed by atoms with Crippen LogP contribution in [0.5, 0.6) is 0 Å². The summed E-state index contributed by atoms with van der Waals surface area (Å²) in [6, 6.07) is 7.49. The van der Waals surface area contributed by atoms with Crippen molar-refractivity contribution in [2.24, 2.45) is 0 Å². The summed E-state index contributed by atoms with van der Waals surface area (Å²) >= 11 is 0. The monoisotopic (exact) mass is 260 g/mol. The molecule has 0 radical (unpaired) electrons. The third-order valence-corrected chi connectivity index (χ3v) is 3.27. The smallest absolute Gasteiger partial charge is 0.160 e.